The molecule has 0 spiro atoms. The average molecular weight is 193 g/mol. The monoisotopic (exact) mass is 193 g/mol. The van der Waals surface area contributed by atoms with Crippen molar-refractivity contribution in [2.45, 2.75) is 4.90 Å². The van der Waals surface area contributed by atoms with Crippen LogP contribution in [0.5, 0.6) is 0 Å². The third-order valence-electron chi connectivity index (χ3n) is 1.20. The maximum absolute atomic E-state index is 12.6. The van der Waals surface area contributed by atoms with Gasteiger partial charge in [0.15, 0.2) is 0 Å². The molecule has 0 aliphatic rings. The predicted octanol–water partition coefficient (Wildman–Crippen LogP) is 0.612. The summed E-state index contributed by atoms with van der Waals surface area (Å²) in [5.74, 6) is -1.90. The van der Waals surface area contributed by atoms with Crippen LogP contribution in [-0.2, 0) is 10.0 Å². The van der Waals surface area contributed by atoms with Gasteiger partial charge in [0.05, 0.1) is 0 Å². The van der Waals surface area contributed by atoms with Gasteiger partial charge < -0.3 is 0 Å². The second-order valence-electron chi connectivity index (χ2n) is 2.12. The van der Waals surface area contributed by atoms with Crippen molar-refractivity contribution in [3.63, 3.8) is 0 Å². The van der Waals surface area contributed by atoms with Crippen LogP contribution in [0.3, 0.4) is 0 Å². The summed E-state index contributed by atoms with van der Waals surface area (Å²) in [6.07, 6.45) is 0. The highest BCUT2D eigenvalue weighted by Crippen LogP contribution is 2.13. The Morgan fingerprint density at radius 3 is 2.25 bits per heavy atom. The molecule has 0 saturated heterocycles. The lowest BCUT2D eigenvalue weighted by molar-refractivity contribution is 0.554. The van der Waals surface area contributed by atoms with E-state index in [4.69, 9.17) is 0 Å². The second-order valence-corrected chi connectivity index (χ2v) is 3.65. The Morgan fingerprint density at radius 1 is 1.25 bits per heavy atom. The Bertz CT molecular complexity index is 402. The van der Waals surface area contributed by atoms with E-state index < -0.39 is 26.6 Å². The number of sulfonamides is 1. The molecule has 0 unspecified atom stereocenters. The van der Waals surface area contributed by atoms with Gasteiger partial charge in [-0.3, -0.25) is 0 Å². The van der Waals surface area contributed by atoms with E-state index in [1.54, 1.807) is 0 Å². The van der Waals surface area contributed by atoms with Crippen LogP contribution in [0, 0.1) is 11.6 Å². The molecule has 3 nitrogen and oxygen atoms in total. The average Bonchev–Trinajstić information content (AvgIpc) is 1.92. The van der Waals surface area contributed by atoms with Crippen molar-refractivity contribution in [3.05, 3.63) is 29.8 Å². The number of halogens is 2. The van der Waals surface area contributed by atoms with Crippen molar-refractivity contribution in [2.24, 2.45) is 5.14 Å². The summed E-state index contributed by atoms with van der Waals surface area (Å²) in [4.78, 5) is -0.831. The summed E-state index contributed by atoms with van der Waals surface area (Å²) >= 11 is 0. The van der Waals surface area contributed by atoms with Crippen molar-refractivity contribution in [2.75, 3.05) is 0 Å². The van der Waals surface area contributed by atoms with Crippen LogP contribution in [0.4, 0.5) is 8.78 Å². The quantitative estimate of drug-likeness (QED) is 0.710. The highest BCUT2D eigenvalue weighted by molar-refractivity contribution is 7.89. The van der Waals surface area contributed by atoms with Gasteiger partial charge in [-0.15, -0.1) is 0 Å². The minimum Gasteiger partial charge on any atom is -0.225 e. The van der Waals surface area contributed by atoms with Crippen LogP contribution < -0.4 is 5.14 Å². The molecule has 0 fully saturated rings. The molecule has 2 N–H and O–H groups in total. The predicted molar refractivity (Wildman–Crippen MR) is 37.7 cm³/mol. The summed E-state index contributed by atoms with van der Waals surface area (Å²) in [5.41, 5.74) is 0. The van der Waals surface area contributed by atoms with Crippen molar-refractivity contribution >= 4 is 10.0 Å². The van der Waals surface area contributed by atoms with E-state index in [2.05, 4.69) is 5.14 Å². The third kappa shape index (κ3) is 1.77. The minimum absolute atomic E-state index is 0.532. The Hall–Kier alpha value is -1.01. The molecule has 1 aromatic rings. The number of rotatable bonds is 1. The molecule has 0 amide bonds. The van der Waals surface area contributed by atoms with Gasteiger partial charge in [0, 0.05) is 0 Å². The van der Waals surface area contributed by atoms with Crippen molar-refractivity contribution < 1.29 is 17.2 Å². The Labute approximate surface area is 67.9 Å². The fourth-order valence-corrected chi connectivity index (χ4v) is 1.31. The summed E-state index contributed by atoms with van der Waals surface area (Å²) in [7, 11) is -4.17. The van der Waals surface area contributed by atoms with Crippen LogP contribution >= 0.6 is 0 Å². The first kappa shape index (κ1) is 9.08. The molecule has 0 atom stereocenters. The standard InChI is InChI=1S/C6H5F2NO2S/c7-4-1-2-5(8)6(3-4)12(9,10)11/h1-3H,(H2,9,10,11). The van der Waals surface area contributed by atoms with Gasteiger partial charge >= 0.3 is 0 Å². The first-order chi connectivity index (χ1) is 5.41. The lowest BCUT2D eigenvalue weighted by atomic mass is 10.3. The molecular weight excluding hydrogens is 188 g/mol. The van der Waals surface area contributed by atoms with Gasteiger partial charge in [-0.2, -0.15) is 0 Å². The van der Waals surface area contributed by atoms with E-state index in [1.165, 1.54) is 0 Å². The van der Waals surface area contributed by atoms with Crippen LogP contribution in [-0.4, -0.2) is 8.42 Å². The molecule has 0 aromatic heterocycles. The van der Waals surface area contributed by atoms with Crippen molar-refractivity contribution in [3.8, 4) is 0 Å². The lowest BCUT2D eigenvalue weighted by Crippen LogP contribution is -2.14. The first-order valence-electron chi connectivity index (χ1n) is 2.89. The number of hydrogen-bond acceptors (Lipinski definition) is 2. The Balaban J connectivity index is 3.43. The molecule has 0 aliphatic carbocycles. The molecular formula is C6H5F2NO2S. The van der Waals surface area contributed by atoms with Gasteiger partial charge in [0.2, 0.25) is 10.0 Å². The third-order valence-corrected chi connectivity index (χ3v) is 2.13. The zero-order valence-electron chi connectivity index (χ0n) is 5.79. The van der Waals surface area contributed by atoms with Crippen molar-refractivity contribution in [1.29, 1.82) is 0 Å². The van der Waals surface area contributed by atoms with Crippen LogP contribution in [0.15, 0.2) is 23.1 Å². The summed E-state index contributed by atoms with van der Waals surface area (Å²) in [6, 6.07) is 2.05. The normalized spacial score (nSPS) is 11.6. The molecule has 1 rings (SSSR count). The van der Waals surface area contributed by atoms with E-state index in [0.29, 0.717) is 12.1 Å². The van der Waals surface area contributed by atoms with Crippen molar-refractivity contribution in [1.82, 2.24) is 0 Å². The minimum atomic E-state index is -4.17. The van der Waals surface area contributed by atoms with Gasteiger partial charge in [0.1, 0.15) is 16.5 Å². The molecule has 66 valence electrons. The first-order valence-corrected chi connectivity index (χ1v) is 4.44. The number of nitrogens with two attached hydrogens (primary N) is 1. The van der Waals surface area contributed by atoms with Gasteiger partial charge in [0.25, 0.3) is 0 Å². The molecule has 0 heterocycles. The van der Waals surface area contributed by atoms with E-state index in [-0.39, 0.29) is 0 Å². The molecule has 0 bridgehead atoms. The smallest absolute Gasteiger partial charge is 0.225 e. The number of benzene rings is 1. The van der Waals surface area contributed by atoms with E-state index in [0.717, 1.165) is 6.07 Å². The molecule has 0 radical (unpaired) electrons. The molecule has 6 heteroatoms. The van der Waals surface area contributed by atoms with Gasteiger partial charge in [-0.05, 0) is 18.2 Å². The summed E-state index contributed by atoms with van der Waals surface area (Å²) < 4.78 is 46.2. The highest BCUT2D eigenvalue weighted by atomic mass is 32.2. The summed E-state index contributed by atoms with van der Waals surface area (Å²) in [6.45, 7) is 0. The molecule has 0 aliphatic heterocycles. The maximum Gasteiger partial charge on any atom is 0.241 e. The number of primary sulfonamides is 1. The zero-order valence-corrected chi connectivity index (χ0v) is 6.61. The van der Waals surface area contributed by atoms with Crippen LogP contribution in [0.25, 0.3) is 0 Å². The Morgan fingerprint density at radius 2 is 1.83 bits per heavy atom. The highest BCUT2D eigenvalue weighted by Gasteiger charge is 2.14. The van der Waals surface area contributed by atoms with Gasteiger partial charge in [-0.1, -0.05) is 0 Å². The topological polar surface area (TPSA) is 60.2 Å². The SMILES string of the molecule is NS(=O)(=O)c1cc(F)ccc1F. The number of hydrogen-bond donors (Lipinski definition) is 1. The molecule has 0 saturated carbocycles. The molecule has 1 aromatic carbocycles. The van der Waals surface area contributed by atoms with Crippen LogP contribution in [0.1, 0.15) is 0 Å². The lowest BCUT2D eigenvalue weighted by Gasteiger charge is -1.98. The fraction of sp³-hybridized carbons (Fsp3) is 0. The van der Waals surface area contributed by atoms with Gasteiger partial charge in [-0.25, -0.2) is 22.3 Å². The molecule has 12 heavy (non-hydrogen) atoms. The fourth-order valence-electron chi connectivity index (χ4n) is 0.695. The Kier molecular flexibility index (Phi) is 2.12. The summed E-state index contributed by atoms with van der Waals surface area (Å²) in [5, 5.41) is 4.59. The zero-order chi connectivity index (χ0) is 9.35. The maximum atomic E-state index is 12.6. The van der Waals surface area contributed by atoms with Crippen LogP contribution in [0.2, 0.25) is 0 Å². The second kappa shape index (κ2) is 2.80. The van der Waals surface area contributed by atoms with E-state index in [1.807, 2.05) is 0 Å². The van der Waals surface area contributed by atoms with E-state index >= 15 is 0 Å². The largest absolute Gasteiger partial charge is 0.241 e. The van der Waals surface area contributed by atoms with E-state index in [9.17, 15) is 17.2 Å².